The Morgan fingerprint density at radius 2 is 2.43 bits per heavy atom. The smallest absolute Gasteiger partial charge is 0.195 e. The zero-order chi connectivity index (χ0) is 5.70. The molecule has 0 aliphatic heterocycles. The lowest BCUT2D eigenvalue weighted by atomic mass is 10.7. The molecule has 7 heavy (non-hydrogen) atoms. The van der Waals surface area contributed by atoms with Crippen molar-refractivity contribution in [2.45, 2.75) is 13.3 Å². The highest BCUT2D eigenvalue weighted by molar-refractivity contribution is 4.29. The first kappa shape index (κ1) is 6.85. The second kappa shape index (κ2) is 4.02. The fourth-order valence-electron chi connectivity index (χ4n) is 0.230. The van der Waals surface area contributed by atoms with E-state index >= 15 is 0 Å². The predicted molar refractivity (Wildman–Crippen MR) is 25.6 cm³/mol. The highest BCUT2D eigenvalue weighted by atomic mass is 19.1. The fraction of sp³-hybridized carbons (Fsp3) is 1.00. The van der Waals surface area contributed by atoms with Crippen LogP contribution in [0.1, 0.15) is 6.92 Å². The molecule has 0 amide bonds. The van der Waals surface area contributed by atoms with Crippen molar-refractivity contribution in [2.75, 3.05) is 13.2 Å². The topological polar surface area (TPSA) is 35.2 Å². The molecule has 0 spiro atoms. The van der Waals surface area contributed by atoms with Gasteiger partial charge in [0.05, 0.1) is 6.61 Å². The van der Waals surface area contributed by atoms with Crippen molar-refractivity contribution in [3.8, 4) is 0 Å². The maximum Gasteiger partial charge on any atom is 0.195 e. The van der Waals surface area contributed by atoms with Crippen LogP contribution in [0.2, 0.25) is 0 Å². The van der Waals surface area contributed by atoms with Crippen LogP contribution in [0.4, 0.5) is 4.39 Å². The number of hydrogen-bond donors (Lipinski definition) is 1. The van der Waals surface area contributed by atoms with Gasteiger partial charge >= 0.3 is 0 Å². The van der Waals surface area contributed by atoms with E-state index in [1.54, 1.807) is 0 Å². The summed E-state index contributed by atoms with van der Waals surface area (Å²) in [5.74, 6) is 0. The fourth-order valence-corrected chi connectivity index (χ4v) is 0.230. The minimum Gasteiger partial charge on any atom is -0.347 e. The summed E-state index contributed by atoms with van der Waals surface area (Å²) >= 11 is 0. The van der Waals surface area contributed by atoms with Gasteiger partial charge in [0.25, 0.3) is 0 Å². The van der Waals surface area contributed by atoms with Crippen molar-refractivity contribution in [1.82, 2.24) is 0 Å². The molecule has 0 rings (SSSR count). The van der Waals surface area contributed by atoms with Crippen molar-refractivity contribution >= 4 is 0 Å². The lowest BCUT2D eigenvalue weighted by Gasteiger charge is -1.99. The maximum absolute atomic E-state index is 11.6. The summed E-state index contributed by atoms with van der Waals surface area (Å²) in [5, 5.41) is 0. The number of ether oxygens (including phenoxy) is 1. The van der Waals surface area contributed by atoms with Crippen molar-refractivity contribution < 1.29 is 9.13 Å². The second-order valence-electron chi connectivity index (χ2n) is 1.20. The lowest BCUT2D eigenvalue weighted by molar-refractivity contribution is -0.0202. The van der Waals surface area contributed by atoms with Crippen LogP contribution in [-0.2, 0) is 4.74 Å². The number of rotatable bonds is 3. The molecule has 0 bridgehead atoms. The summed E-state index contributed by atoms with van der Waals surface area (Å²) in [6, 6.07) is 0. The van der Waals surface area contributed by atoms with Gasteiger partial charge in [-0.05, 0) is 6.92 Å². The molecule has 0 aromatic carbocycles. The summed E-state index contributed by atoms with van der Waals surface area (Å²) in [5.41, 5.74) is 4.99. The SMILES string of the molecule is CC(F)OCCN. The van der Waals surface area contributed by atoms with Crippen molar-refractivity contribution in [1.29, 1.82) is 0 Å². The van der Waals surface area contributed by atoms with Crippen LogP contribution in [-0.4, -0.2) is 19.5 Å². The summed E-state index contributed by atoms with van der Waals surface area (Å²) in [4.78, 5) is 0. The Morgan fingerprint density at radius 1 is 1.86 bits per heavy atom. The summed E-state index contributed by atoms with van der Waals surface area (Å²) in [7, 11) is 0. The quantitative estimate of drug-likeness (QED) is 0.562. The molecule has 44 valence electrons. The van der Waals surface area contributed by atoms with Gasteiger partial charge in [0.15, 0.2) is 6.36 Å². The molecule has 2 nitrogen and oxygen atoms in total. The first-order chi connectivity index (χ1) is 3.27. The zero-order valence-electron chi connectivity index (χ0n) is 4.36. The molecular weight excluding hydrogens is 97.0 g/mol. The van der Waals surface area contributed by atoms with Gasteiger partial charge in [-0.25, -0.2) is 4.39 Å². The van der Waals surface area contributed by atoms with Crippen LogP contribution in [0.3, 0.4) is 0 Å². The molecule has 0 saturated carbocycles. The van der Waals surface area contributed by atoms with Gasteiger partial charge in [-0.3, -0.25) is 0 Å². The molecule has 0 fully saturated rings. The molecule has 1 atom stereocenters. The van der Waals surface area contributed by atoms with E-state index in [0.29, 0.717) is 13.2 Å². The van der Waals surface area contributed by atoms with E-state index in [1.165, 1.54) is 6.92 Å². The van der Waals surface area contributed by atoms with Crippen molar-refractivity contribution in [3.05, 3.63) is 0 Å². The highest BCUT2D eigenvalue weighted by Gasteiger charge is 1.91. The van der Waals surface area contributed by atoms with E-state index < -0.39 is 6.36 Å². The van der Waals surface area contributed by atoms with E-state index in [2.05, 4.69) is 4.74 Å². The van der Waals surface area contributed by atoms with Crippen molar-refractivity contribution in [2.24, 2.45) is 5.73 Å². The molecule has 1 unspecified atom stereocenters. The third-order valence-electron chi connectivity index (χ3n) is 0.465. The molecule has 3 heteroatoms. The average Bonchev–Trinajstić information content (AvgIpc) is 1.61. The number of hydrogen-bond acceptors (Lipinski definition) is 2. The summed E-state index contributed by atoms with van der Waals surface area (Å²) in [6.07, 6.45) is -1.18. The molecule has 0 aliphatic rings. The van der Waals surface area contributed by atoms with E-state index in [9.17, 15) is 4.39 Å². The van der Waals surface area contributed by atoms with Gasteiger partial charge in [-0.1, -0.05) is 0 Å². The van der Waals surface area contributed by atoms with Gasteiger partial charge in [0, 0.05) is 6.54 Å². The van der Waals surface area contributed by atoms with Gasteiger partial charge in [0.2, 0.25) is 0 Å². The van der Waals surface area contributed by atoms with Crippen LogP contribution < -0.4 is 5.73 Å². The molecule has 2 N–H and O–H groups in total. The molecule has 0 saturated heterocycles. The maximum atomic E-state index is 11.6. The highest BCUT2D eigenvalue weighted by Crippen LogP contribution is 1.87. The van der Waals surface area contributed by atoms with E-state index in [-0.39, 0.29) is 0 Å². The average molecular weight is 107 g/mol. The minimum absolute atomic E-state index is 0.303. The molecule has 0 heterocycles. The van der Waals surface area contributed by atoms with Gasteiger partial charge in [-0.15, -0.1) is 0 Å². The summed E-state index contributed by atoms with van der Waals surface area (Å²) in [6.45, 7) is 2.02. The van der Waals surface area contributed by atoms with Gasteiger partial charge < -0.3 is 10.5 Å². The Hall–Kier alpha value is -0.150. The molecule has 0 aromatic heterocycles. The molecule has 0 radical (unpaired) electrons. The Bertz CT molecular complexity index is 40.7. The first-order valence-corrected chi connectivity index (χ1v) is 2.23. The Kier molecular flexibility index (Phi) is 3.93. The number of alkyl halides is 1. The minimum atomic E-state index is -1.18. The molecule has 0 aliphatic carbocycles. The molecule has 0 aromatic rings. The largest absolute Gasteiger partial charge is 0.347 e. The van der Waals surface area contributed by atoms with E-state index in [1.807, 2.05) is 0 Å². The van der Waals surface area contributed by atoms with E-state index in [4.69, 9.17) is 5.73 Å². The van der Waals surface area contributed by atoms with Gasteiger partial charge in [-0.2, -0.15) is 0 Å². The Balaban J connectivity index is 2.68. The Morgan fingerprint density at radius 3 is 2.57 bits per heavy atom. The van der Waals surface area contributed by atoms with Crippen LogP contribution in [0.15, 0.2) is 0 Å². The van der Waals surface area contributed by atoms with Crippen LogP contribution >= 0.6 is 0 Å². The van der Waals surface area contributed by atoms with Gasteiger partial charge in [0.1, 0.15) is 0 Å². The third-order valence-corrected chi connectivity index (χ3v) is 0.465. The van der Waals surface area contributed by atoms with E-state index in [0.717, 1.165) is 0 Å². The standard InChI is InChI=1S/C4H10FNO/c1-4(5)7-3-2-6/h4H,2-3,6H2,1H3. The second-order valence-corrected chi connectivity index (χ2v) is 1.20. The van der Waals surface area contributed by atoms with Crippen LogP contribution in [0.25, 0.3) is 0 Å². The Labute approximate surface area is 42.5 Å². The predicted octanol–water partition coefficient (Wildman–Crippen LogP) is 0.277. The first-order valence-electron chi connectivity index (χ1n) is 2.23. The van der Waals surface area contributed by atoms with Crippen LogP contribution in [0.5, 0.6) is 0 Å². The normalized spacial score (nSPS) is 14.1. The molecular formula is C4H10FNO. The summed E-state index contributed by atoms with van der Waals surface area (Å²) < 4.78 is 16.0. The zero-order valence-corrected chi connectivity index (χ0v) is 4.36. The lowest BCUT2D eigenvalue weighted by Crippen LogP contribution is -2.11. The van der Waals surface area contributed by atoms with Crippen LogP contribution in [0, 0.1) is 0 Å². The monoisotopic (exact) mass is 107 g/mol. The third kappa shape index (κ3) is 5.85. The van der Waals surface area contributed by atoms with Crippen molar-refractivity contribution in [3.63, 3.8) is 0 Å². The number of nitrogens with two attached hydrogens (primary N) is 1. The number of halogens is 1.